The van der Waals surface area contributed by atoms with Crippen molar-refractivity contribution in [3.8, 4) is 0 Å². The average molecular weight is 282 g/mol. The second kappa shape index (κ2) is 9.72. The summed E-state index contributed by atoms with van der Waals surface area (Å²) in [5.74, 6) is -0.833. The molecule has 0 aliphatic carbocycles. The lowest BCUT2D eigenvalue weighted by atomic mass is 10.4. The van der Waals surface area contributed by atoms with E-state index in [1.807, 2.05) is 0 Å². The SMILES string of the molecule is CC(=O)O.CCCC.CN1C=CN(S(=O)(=O)O)C1. The smallest absolute Gasteiger partial charge is 0.361 e. The maximum Gasteiger partial charge on any atom is 0.361 e. The van der Waals surface area contributed by atoms with Crippen LogP contribution in [0.25, 0.3) is 0 Å². The summed E-state index contributed by atoms with van der Waals surface area (Å²) >= 11 is 0. The Bertz CT molecular complexity index is 347. The highest BCUT2D eigenvalue weighted by molar-refractivity contribution is 7.83. The molecule has 0 aromatic rings. The van der Waals surface area contributed by atoms with Gasteiger partial charge >= 0.3 is 10.3 Å². The first-order valence-corrected chi connectivity index (χ1v) is 6.87. The van der Waals surface area contributed by atoms with Crippen LogP contribution in [-0.2, 0) is 15.1 Å². The maximum absolute atomic E-state index is 10.4. The molecule has 18 heavy (non-hydrogen) atoms. The molecular weight excluding hydrogens is 260 g/mol. The van der Waals surface area contributed by atoms with Crippen molar-refractivity contribution in [2.75, 3.05) is 13.7 Å². The summed E-state index contributed by atoms with van der Waals surface area (Å²) in [5.41, 5.74) is 0. The standard InChI is InChI=1S/C4H8N2O3S.C4H10.C2H4O2/c1-5-2-3-6(4-5)10(7,8)9;1-3-4-2;1-2(3)4/h2-3H,4H2,1H3,(H,7,8,9);3-4H2,1-2H3;1H3,(H,3,4). The highest BCUT2D eigenvalue weighted by Crippen LogP contribution is 2.06. The number of carboxylic acid groups (broad SMARTS) is 1. The van der Waals surface area contributed by atoms with Gasteiger partial charge < -0.3 is 10.0 Å². The summed E-state index contributed by atoms with van der Waals surface area (Å²) in [6, 6.07) is 0. The van der Waals surface area contributed by atoms with Gasteiger partial charge in [0.15, 0.2) is 0 Å². The first-order chi connectivity index (χ1) is 8.15. The molecule has 0 bridgehead atoms. The summed E-state index contributed by atoms with van der Waals surface area (Å²) in [7, 11) is -2.32. The quantitative estimate of drug-likeness (QED) is 0.742. The Morgan fingerprint density at radius 3 is 1.78 bits per heavy atom. The largest absolute Gasteiger partial charge is 0.481 e. The topological polar surface area (TPSA) is 98.2 Å². The van der Waals surface area contributed by atoms with E-state index in [-0.39, 0.29) is 6.67 Å². The molecule has 8 heteroatoms. The number of aliphatic carboxylic acids is 1. The third-order valence-corrected chi connectivity index (χ3v) is 2.48. The van der Waals surface area contributed by atoms with Crippen molar-refractivity contribution in [1.29, 1.82) is 0 Å². The Kier molecular flexibility index (Phi) is 10.3. The van der Waals surface area contributed by atoms with Crippen LogP contribution in [0.15, 0.2) is 12.4 Å². The van der Waals surface area contributed by atoms with E-state index in [4.69, 9.17) is 14.5 Å². The first kappa shape index (κ1) is 19.1. The molecule has 7 nitrogen and oxygen atoms in total. The van der Waals surface area contributed by atoms with E-state index in [0.717, 1.165) is 11.2 Å². The van der Waals surface area contributed by atoms with Crippen molar-refractivity contribution < 1.29 is 22.9 Å². The lowest BCUT2D eigenvalue weighted by Crippen LogP contribution is -2.27. The van der Waals surface area contributed by atoms with Crippen LogP contribution in [0.1, 0.15) is 33.6 Å². The van der Waals surface area contributed by atoms with Gasteiger partial charge in [0.05, 0.1) is 0 Å². The Labute approximate surface area is 109 Å². The molecule has 0 unspecified atom stereocenters. The normalized spacial score (nSPS) is 13.4. The minimum Gasteiger partial charge on any atom is -0.481 e. The van der Waals surface area contributed by atoms with Crippen molar-refractivity contribution in [2.24, 2.45) is 0 Å². The third-order valence-electron chi connectivity index (χ3n) is 1.65. The van der Waals surface area contributed by atoms with E-state index in [1.54, 1.807) is 18.1 Å². The van der Waals surface area contributed by atoms with Gasteiger partial charge in [0.25, 0.3) is 5.97 Å². The van der Waals surface area contributed by atoms with E-state index < -0.39 is 16.3 Å². The summed E-state index contributed by atoms with van der Waals surface area (Å²) in [4.78, 5) is 10.6. The monoisotopic (exact) mass is 282 g/mol. The van der Waals surface area contributed by atoms with Gasteiger partial charge in [0, 0.05) is 26.4 Å². The molecule has 0 atom stereocenters. The molecule has 1 heterocycles. The molecule has 0 spiro atoms. The zero-order valence-corrected chi connectivity index (χ0v) is 12.0. The van der Waals surface area contributed by atoms with E-state index in [9.17, 15) is 8.42 Å². The van der Waals surface area contributed by atoms with E-state index >= 15 is 0 Å². The first-order valence-electron chi connectivity index (χ1n) is 5.47. The highest BCUT2D eigenvalue weighted by Gasteiger charge is 2.18. The Morgan fingerprint density at radius 2 is 1.67 bits per heavy atom. The second-order valence-electron chi connectivity index (χ2n) is 3.58. The molecule has 1 aliphatic rings. The van der Waals surface area contributed by atoms with Crippen LogP contribution in [0.3, 0.4) is 0 Å². The van der Waals surface area contributed by atoms with Crippen LogP contribution in [-0.4, -0.2) is 47.0 Å². The van der Waals surface area contributed by atoms with Crippen molar-refractivity contribution in [2.45, 2.75) is 33.6 Å². The van der Waals surface area contributed by atoms with Gasteiger partial charge in [0.1, 0.15) is 6.67 Å². The van der Waals surface area contributed by atoms with E-state index in [0.29, 0.717) is 0 Å². The lowest BCUT2D eigenvalue weighted by molar-refractivity contribution is -0.134. The van der Waals surface area contributed by atoms with Gasteiger partial charge in [-0.1, -0.05) is 26.7 Å². The number of hydrogen-bond donors (Lipinski definition) is 2. The van der Waals surface area contributed by atoms with Crippen molar-refractivity contribution in [3.05, 3.63) is 12.4 Å². The third kappa shape index (κ3) is 12.8. The molecule has 0 radical (unpaired) electrons. The Morgan fingerprint density at radius 1 is 1.28 bits per heavy atom. The van der Waals surface area contributed by atoms with Crippen LogP contribution in [0.4, 0.5) is 0 Å². The number of rotatable bonds is 2. The molecule has 108 valence electrons. The fourth-order valence-corrected chi connectivity index (χ4v) is 1.19. The van der Waals surface area contributed by atoms with Crippen LogP contribution < -0.4 is 0 Å². The molecule has 1 rings (SSSR count). The van der Waals surface area contributed by atoms with Crippen LogP contribution in [0, 0.1) is 0 Å². The summed E-state index contributed by atoms with van der Waals surface area (Å²) < 4.78 is 30.1. The molecule has 0 saturated carbocycles. The molecule has 1 aliphatic heterocycles. The lowest BCUT2D eigenvalue weighted by Gasteiger charge is -2.13. The maximum atomic E-state index is 10.4. The van der Waals surface area contributed by atoms with Gasteiger partial charge in [-0.05, 0) is 0 Å². The van der Waals surface area contributed by atoms with Crippen LogP contribution in [0.2, 0.25) is 0 Å². The zero-order chi connectivity index (χ0) is 14.8. The van der Waals surface area contributed by atoms with Crippen LogP contribution >= 0.6 is 0 Å². The van der Waals surface area contributed by atoms with Gasteiger partial charge in [-0.25, -0.2) is 4.31 Å². The average Bonchev–Trinajstić information content (AvgIpc) is 2.64. The number of carbonyl (C=O) groups is 1. The minimum atomic E-state index is -4.03. The van der Waals surface area contributed by atoms with Crippen molar-refractivity contribution >= 4 is 16.3 Å². The highest BCUT2D eigenvalue weighted by atomic mass is 32.2. The molecule has 0 saturated heterocycles. The van der Waals surface area contributed by atoms with E-state index in [1.165, 1.54) is 19.0 Å². The molecule has 2 N–H and O–H groups in total. The van der Waals surface area contributed by atoms with Gasteiger partial charge in [-0.3, -0.25) is 9.35 Å². The zero-order valence-electron chi connectivity index (χ0n) is 11.2. The number of carboxylic acids is 1. The summed E-state index contributed by atoms with van der Waals surface area (Å²) in [6.45, 7) is 5.62. The molecule has 0 aromatic carbocycles. The predicted molar refractivity (Wildman–Crippen MR) is 69.0 cm³/mol. The molecule has 0 fully saturated rings. The summed E-state index contributed by atoms with van der Waals surface area (Å²) in [6.07, 6.45) is 5.50. The molecule has 0 amide bonds. The van der Waals surface area contributed by atoms with Crippen molar-refractivity contribution in [1.82, 2.24) is 9.21 Å². The van der Waals surface area contributed by atoms with Crippen LogP contribution in [0.5, 0.6) is 0 Å². The fraction of sp³-hybridized carbons (Fsp3) is 0.700. The van der Waals surface area contributed by atoms with E-state index in [2.05, 4.69) is 13.8 Å². The second-order valence-corrected chi connectivity index (χ2v) is 4.95. The molecular formula is C10H22N2O5S. The Hall–Kier alpha value is -1.28. The van der Waals surface area contributed by atoms with Crippen molar-refractivity contribution in [3.63, 3.8) is 0 Å². The number of hydrogen-bond acceptors (Lipinski definition) is 4. The summed E-state index contributed by atoms with van der Waals surface area (Å²) in [5, 5.41) is 7.42. The molecule has 0 aromatic heterocycles. The fourth-order valence-electron chi connectivity index (χ4n) is 0.652. The Balaban J connectivity index is 0. The number of unbranched alkanes of at least 4 members (excludes halogenated alkanes) is 1. The van der Waals surface area contributed by atoms with Gasteiger partial charge in [0.2, 0.25) is 0 Å². The minimum absolute atomic E-state index is 0.179. The van der Waals surface area contributed by atoms with Gasteiger partial charge in [-0.15, -0.1) is 0 Å². The van der Waals surface area contributed by atoms with Gasteiger partial charge in [-0.2, -0.15) is 8.42 Å². The number of nitrogens with zero attached hydrogens (tertiary/aromatic N) is 2. The predicted octanol–water partition coefficient (Wildman–Crippen LogP) is 1.36.